The summed E-state index contributed by atoms with van der Waals surface area (Å²) in [5.41, 5.74) is 0.964. The van der Waals surface area contributed by atoms with Crippen molar-refractivity contribution in [3.8, 4) is 0 Å². The molecule has 1 N–H and O–H groups in total. The first-order chi connectivity index (χ1) is 11.4. The van der Waals surface area contributed by atoms with Crippen LogP contribution in [0.25, 0.3) is 0 Å². The van der Waals surface area contributed by atoms with Gasteiger partial charge in [-0.05, 0) is 6.92 Å². The molecule has 1 amide bonds. The van der Waals surface area contributed by atoms with Crippen LogP contribution in [-0.2, 0) is 4.79 Å². The van der Waals surface area contributed by atoms with Gasteiger partial charge in [0, 0.05) is 56.8 Å². The Labute approximate surface area is 166 Å². The minimum absolute atomic E-state index is 0. The number of alkyl halides is 1. The third kappa shape index (κ3) is 5.18. The lowest BCUT2D eigenvalue weighted by molar-refractivity contribution is -0.133. The molecule has 26 heavy (non-hydrogen) atoms. The lowest BCUT2D eigenvalue weighted by Gasteiger charge is -2.36. The molecule has 0 radical (unpaired) electrons. The van der Waals surface area contributed by atoms with E-state index in [4.69, 9.17) is 0 Å². The van der Waals surface area contributed by atoms with Gasteiger partial charge in [0.1, 0.15) is 17.8 Å². The van der Waals surface area contributed by atoms with Crippen LogP contribution in [0.2, 0.25) is 0 Å². The summed E-state index contributed by atoms with van der Waals surface area (Å²) in [7, 11) is 0. The zero-order valence-electron chi connectivity index (χ0n) is 15.4. The van der Waals surface area contributed by atoms with E-state index in [0.717, 1.165) is 30.4 Å². The van der Waals surface area contributed by atoms with Crippen LogP contribution in [0.1, 0.15) is 37.7 Å². The van der Waals surface area contributed by atoms with Crippen molar-refractivity contribution in [2.24, 2.45) is 0 Å². The molecule has 0 aliphatic carbocycles. The van der Waals surface area contributed by atoms with E-state index in [0.29, 0.717) is 19.5 Å². The highest BCUT2D eigenvalue weighted by Crippen LogP contribution is 2.20. The van der Waals surface area contributed by atoms with Crippen molar-refractivity contribution in [1.82, 2.24) is 20.2 Å². The van der Waals surface area contributed by atoms with Crippen LogP contribution in [0.15, 0.2) is 6.07 Å². The quantitative estimate of drug-likeness (QED) is 0.830. The number of piperazine rings is 1. The molecule has 6 nitrogen and oxygen atoms in total. The van der Waals surface area contributed by atoms with Gasteiger partial charge >= 0.3 is 0 Å². The Morgan fingerprint density at radius 3 is 2.42 bits per heavy atom. The molecule has 2 aliphatic rings. The molecule has 1 aromatic rings. The highest BCUT2D eigenvalue weighted by Gasteiger charge is 2.33. The first-order valence-electron chi connectivity index (χ1n) is 8.71. The van der Waals surface area contributed by atoms with Crippen LogP contribution in [0.3, 0.4) is 0 Å². The number of nitrogens with zero attached hydrogens (tertiary/aromatic N) is 4. The number of halogens is 3. The number of carbonyl (C=O) groups excluding carboxylic acids is 1. The average Bonchev–Trinajstić information content (AvgIpc) is 3.00. The Bertz CT molecular complexity index is 611. The maximum absolute atomic E-state index is 13.3. The summed E-state index contributed by atoms with van der Waals surface area (Å²) in [5.74, 6) is 2.10. The maximum atomic E-state index is 13.3. The van der Waals surface area contributed by atoms with Gasteiger partial charge in [-0.25, -0.2) is 14.4 Å². The molecule has 3 rings (SSSR count). The smallest absolute Gasteiger partial charge is 0.239 e. The number of hydrogen-bond acceptors (Lipinski definition) is 5. The van der Waals surface area contributed by atoms with Crippen LogP contribution in [0.5, 0.6) is 0 Å². The number of aromatic nitrogens is 2. The van der Waals surface area contributed by atoms with E-state index >= 15 is 0 Å². The molecular weight excluding hydrogens is 380 g/mol. The van der Waals surface area contributed by atoms with Crippen molar-refractivity contribution in [1.29, 1.82) is 0 Å². The van der Waals surface area contributed by atoms with Gasteiger partial charge in [0.25, 0.3) is 0 Å². The second-order valence-electron chi connectivity index (χ2n) is 6.99. The molecule has 1 aromatic heterocycles. The Morgan fingerprint density at radius 2 is 1.88 bits per heavy atom. The van der Waals surface area contributed by atoms with Crippen LogP contribution < -0.4 is 10.2 Å². The molecule has 2 aliphatic heterocycles. The summed E-state index contributed by atoms with van der Waals surface area (Å²) < 4.78 is 13.3. The van der Waals surface area contributed by atoms with Gasteiger partial charge in [-0.1, -0.05) is 13.8 Å². The summed E-state index contributed by atoms with van der Waals surface area (Å²) in [6.07, 6.45) is -0.610. The Kier molecular flexibility index (Phi) is 8.50. The summed E-state index contributed by atoms with van der Waals surface area (Å²) in [6, 6.07) is 1.63. The van der Waals surface area contributed by atoms with Gasteiger partial charge in [0.05, 0.1) is 6.04 Å². The first-order valence-corrected chi connectivity index (χ1v) is 8.71. The van der Waals surface area contributed by atoms with Crippen LogP contribution >= 0.6 is 24.8 Å². The van der Waals surface area contributed by atoms with E-state index in [2.05, 4.69) is 34.0 Å². The fourth-order valence-corrected chi connectivity index (χ4v) is 3.25. The van der Waals surface area contributed by atoms with E-state index in [1.54, 1.807) is 0 Å². The van der Waals surface area contributed by atoms with E-state index in [1.165, 1.54) is 0 Å². The maximum Gasteiger partial charge on any atom is 0.239 e. The highest BCUT2D eigenvalue weighted by molar-refractivity contribution is 5.85. The van der Waals surface area contributed by atoms with Crippen molar-refractivity contribution in [3.63, 3.8) is 0 Å². The van der Waals surface area contributed by atoms with Gasteiger partial charge in [0.2, 0.25) is 5.91 Å². The molecular formula is C17H28Cl2FN5O. The number of aryl methyl sites for hydroxylation is 1. The number of amides is 1. The SMILES string of the molecule is Cc1cc(N2CCN(C(=O)[C@H]3C[C@H](F)CN3)CC2)nc(C(C)C)n1.Cl.Cl. The second kappa shape index (κ2) is 9.67. The standard InChI is InChI=1S/C17H26FN5O.2ClH/c1-11(2)16-20-12(3)8-15(21-16)22-4-6-23(7-5-22)17(24)14-9-13(18)10-19-14;;/h8,11,13-14,19H,4-7,9-10H2,1-3H3;2*1H/t13-,14+;;/m0../s1. The van der Waals surface area contributed by atoms with Gasteiger partial charge in [-0.15, -0.1) is 24.8 Å². The average molecular weight is 408 g/mol. The van der Waals surface area contributed by atoms with Gasteiger partial charge in [-0.2, -0.15) is 0 Å². The number of rotatable bonds is 3. The Hall–Kier alpha value is -1.18. The predicted octanol–water partition coefficient (Wildman–Crippen LogP) is 2.10. The largest absolute Gasteiger partial charge is 0.353 e. The van der Waals surface area contributed by atoms with Crippen molar-refractivity contribution >= 4 is 36.5 Å². The van der Waals surface area contributed by atoms with Crippen molar-refractivity contribution in [2.45, 2.75) is 45.3 Å². The van der Waals surface area contributed by atoms with Crippen molar-refractivity contribution < 1.29 is 9.18 Å². The van der Waals surface area contributed by atoms with Gasteiger partial charge in [0.15, 0.2) is 0 Å². The fraction of sp³-hybridized carbons (Fsp3) is 0.706. The minimum Gasteiger partial charge on any atom is -0.353 e. The van der Waals surface area contributed by atoms with Crippen LogP contribution in [0.4, 0.5) is 10.2 Å². The lowest BCUT2D eigenvalue weighted by atomic mass is 10.1. The molecule has 0 aromatic carbocycles. The molecule has 0 saturated carbocycles. The zero-order chi connectivity index (χ0) is 17.3. The number of nitrogens with one attached hydrogen (secondary N) is 1. The Morgan fingerprint density at radius 1 is 1.23 bits per heavy atom. The molecule has 148 valence electrons. The molecule has 9 heteroatoms. The second-order valence-corrected chi connectivity index (χ2v) is 6.99. The zero-order valence-corrected chi connectivity index (χ0v) is 17.1. The van der Waals surface area contributed by atoms with Crippen molar-refractivity contribution in [2.75, 3.05) is 37.6 Å². The van der Waals surface area contributed by atoms with Crippen LogP contribution in [0, 0.1) is 6.92 Å². The number of anilines is 1. The molecule has 2 atom stereocenters. The molecule has 0 spiro atoms. The molecule has 2 saturated heterocycles. The third-order valence-electron chi connectivity index (χ3n) is 4.67. The number of hydrogen-bond donors (Lipinski definition) is 1. The summed E-state index contributed by atoms with van der Waals surface area (Å²) in [6.45, 7) is 9.22. The monoisotopic (exact) mass is 407 g/mol. The van der Waals surface area contributed by atoms with E-state index < -0.39 is 6.17 Å². The normalized spacial score (nSPS) is 22.8. The van der Waals surface area contributed by atoms with E-state index in [-0.39, 0.29) is 49.2 Å². The first kappa shape index (κ1) is 22.9. The van der Waals surface area contributed by atoms with Gasteiger partial charge in [-0.3, -0.25) is 4.79 Å². The molecule has 3 heterocycles. The highest BCUT2D eigenvalue weighted by atomic mass is 35.5. The summed E-state index contributed by atoms with van der Waals surface area (Å²) in [4.78, 5) is 25.6. The van der Waals surface area contributed by atoms with Crippen molar-refractivity contribution in [3.05, 3.63) is 17.6 Å². The lowest BCUT2D eigenvalue weighted by Crippen LogP contribution is -2.53. The Balaban J connectivity index is 0.00000169. The van der Waals surface area contributed by atoms with E-state index in [9.17, 15) is 9.18 Å². The minimum atomic E-state index is -0.904. The fourth-order valence-electron chi connectivity index (χ4n) is 3.25. The molecule has 2 fully saturated rings. The predicted molar refractivity (Wildman–Crippen MR) is 105 cm³/mol. The molecule has 0 bridgehead atoms. The number of carbonyl (C=O) groups is 1. The van der Waals surface area contributed by atoms with E-state index in [1.807, 2.05) is 17.9 Å². The van der Waals surface area contributed by atoms with Crippen LogP contribution in [-0.4, -0.2) is 65.7 Å². The third-order valence-corrected chi connectivity index (χ3v) is 4.67. The molecule has 0 unspecified atom stereocenters. The van der Waals surface area contributed by atoms with Gasteiger partial charge < -0.3 is 15.1 Å². The summed E-state index contributed by atoms with van der Waals surface area (Å²) >= 11 is 0. The summed E-state index contributed by atoms with van der Waals surface area (Å²) in [5, 5.41) is 2.97. The topological polar surface area (TPSA) is 61.4 Å².